The van der Waals surface area contributed by atoms with E-state index in [-0.39, 0.29) is 36.4 Å². The molecule has 1 aliphatic carbocycles. The molecule has 30 heavy (non-hydrogen) atoms. The number of guanidine groups is 1. The third kappa shape index (κ3) is 10.1. The molecular weight excluding hydrogens is 495 g/mol. The van der Waals surface area contributed by atoms with Gasteiger partial charge in [0.2, 0.25) is 5.91 Å². The van der Waals surface area contributed by atoms with Crippen LogP contribution in [0.2, 0.25) is 0 Å². The fraction of sp³-hybridized carbons (Fsp3) is 0.905. The summed E-state index contributed by atoms with van der Waals surface area (Å²) in [6.45, 7) is 7.77. The van der Waals surface area contributed by atoms with Crippen molar-refractivity contribution in [2.24, 2.45) is 10.4 Å². The third-order valence-electron chi connectivity index (χ3n) is 5.87. The quantitative estimate of drug-likeness (QED) is 0.188. The van der Waals surface area contributed by atoms with Gasteiger partial charge in [0.25, 0.3) is 0 Å². The van der Waals surface area contributed by atoms with Gasteiger partial charge in [-0.25, -0.2) is 4.99 Å². The molecule has 0 unspecified atom stereocenters. The van der Waals surface area contributed by atoms with Crippen LogP contribution < -0.4 is 10.6 Å². The topological polar surface area (TPSA) is 72.4 Å². The number of carbonyl (C=O) groups is 1. The highest BCUT2D eigenvalue weighted by molar-refractivity contribution is 14.0. The highest BCUT2D eigenvalue weighted by atomic mass is 127. The van der Waals surface area contributed by atoms with Crippen LogP contribution in [0, 0.1) is 5.41 Å². The van der Waals surface area contributed by atoms with Crippen LogP contribution in [0.3, 0.4) is 0 Å². The van der Waals surface area contributed by atoms with E-state index in [1.807, 2.05) is 0 Å². The molecule has 1 saturated heterocycles. The van der Waals surface area contributed by atoms with Crippen molar-refractivity contribution in [2.45, 2.75) is 32.1 Å². The molecule has 0 aromatic carbocycles. The number of halogens is 1. The van der Waals surface area contributed by atoms with Gasteiger partial charge in [-0.2, -0.15) is 0 Å². The molecule has 1 saturated carbocycles. The first-order valence-electron chi connectivity index (χ1n) is 11.1. The Labute approximate surface area is 200 Å². The zero-order valence-corrected chi connectivity index (χ0v) is 21.7. The molecule has 2 aliphatic rings. The molecule has 0 aromatic rings. The van der Waals surface area contributed by atoms with Crippen molar-refractivity contribution in [3.05, 3.63) is 0 Å². The number of rotatable bonds is 10. The van der Waals surface area contributed by atoms with Crippen molar-refractivity contribution < 1.29 is 9.53 Å². The molecule has 0 aromatic heterocycles. The molecule has 0 radical (unpaired) electrons. The minimum Gasteiger partial charge on any atom is -0.379 e. The molecule has 0 spiro atoms. The summed E-state index contributed by atoms with van der Waals surface area (Å²) >= 11 is 0. The van der Waals surface area contributed by atoms with E-state index in [1.54, 1.807) is 19.0 Å². The van der Waals surface area contributed by atoms with E-state index < -0.39 is 0 Å². The first kappa shape index (κ1) is 27.4. The Hall–Kier alpha value is -0.650. The standard InChI is InChI=1S/C21H42N6O2.HI/c1-25(2)18-21(8-5-6-9-21)17-24-20(23-16-19(28)26(3)4)22-10-7-11-27-12-14-29-15-13-27;/h5-18H2,1-4H3,(H2,22,23,24);1H. The van der Waals surface area contributed by atoms with Crippen LogP contribution in [0.5, 0.6) is 0 Å². The first-order chi connectivity index (χ1) is 13.9. The van der Waals surface area contributed by atoms with Crippen molar-refractivity contribution in [1.82, 2.24) is 25.3 Å². The van der Waals surface area contributed by atoms with E-state index in [0.29, 0.717) is 5.41 Å². The minimum atomic E-state index is 0. The Bertz CT molecular complexity index is 518. The molecule has 1 amide bonds. The van der Waals surface area contributed by atoms with Gasteiger partial charge in [-0.05, 0) is 39.9 Å². The van der Waals surface area contributed by atoms with Crippen LogP contribution in [0.15, 0.2) is 4.99 Å². The van der Waals surface area contributed by atoms with Crippen molar-refractivity contribution in [3.8, 4) is 0 Å². The van der Waals surface area contributed by atoms with E-state index in [0.717, 1.165) is 64.9 Å². The maximum absolute atomic E-state index is 12.0. The van der Waals surface area contributed by atoms with E-state index in [1.165, 1.54) is 25.7 Å². The predicted octanol–water partition coefficient (Wildman–Crippen LogP) is 1.07. The number of aliphatic imine (C=N–C) groups is 1. The lowest BCUT2D eigenvalue weighted by atomic mass is 9.85. The fourth-order valence-electron chi connectivity index (χ4n) is 4.25. The lowest BCUT2D eigenvalue weighted by molar-refractivity contribution is -0.127. The van der Waals surface area contributed by atoms with Crippen LogP contribution in [-0.4, -0.2) is 114 Å². The van der Waals surface area contributed by atoms with Crippen molar-refractivity contribution >= 4 is 35.8 Å². The normalized spacial score (nSPS) is 19.4. The molecular formula is C21H43IN6O2. The molecule has 2 fully saturated rings. The number of nitrogens with zero attached hydrogens (tertiary/aromatic N) is 4. The van der Waals surface area contributed by atoms with E-state index in [2.05, 4.69) is 39.5 Å². The van der Waals surface area contributed by atoms with Gasteiger partial charge in [0.1, 0.15) is 6.54 Å². The van der Waals surface area contributed by atoms with Gasteiger partial charge in [0.15, 0.2) is 5.96 Å². The monoisotopic (exact) mass is 538 g/mol. The predicted molar refractivity (Wildman–Crippen MR) is 134 cm³/mol. The van der Waals surface area contributed by atoms with Gasteiger partial charge in [0, 0.05) is 52.2 Å². The average molecular weight is 539 g/mol. The number of nitrogens with one attached hydrogen (secondary N) is 2. The Kier molecular flexibility index (Phi) is 13.2. The number of morpholine rings is 1. The molecule has 2 N–H and O–H groups in total. The van der Waals surface area contributed by atoms with Gasteiger partial charge in [-0.3, -0.25) is 9.69 Å². The number of likely N-dealkylation sites (N-methyl/N-ethyl adjacent to an activating group) is 1. The second-order valence-corrected chi connectivity index (χ2v) is 8.99. The summed E-state index contributed by atoms with van der Waals surface area (Å²) in [7, 11) is 7.83. The van der Waals surface area contributed by atoms with E-state index >= 15 is 0 Å². The van der Waals surface area contributed by atoms with Crippen LogP contribution >= 0.6 is 24.0 Å². The summed E-state index contributed by atoms with van der Waals surface area (Å²) in [5.41, 5.74) is 0.297. The minimum absolute atomic E-state index is 0. The molecule has 0 bridgehead atoms. The van der Waals surface area contributed by atoms with Crippen molar-refractivity contribution in [1.29, 1.82) is 0 Å². The Morgan fingerprint density at radius 2 is 1.77 bits per heavy atom. The smallest absolute Gasteiger partial charge is 0.243 e. The highest BCUT2D eigenvalue weighted by Gasteiger charge is 2.34. The van der Waals surface area contributed by atoms with Gasteiger partial charge in [-0.1, -0.05) is 12.8 Å². The Morgan fingerprint density at radius 3 is 2.37 bits per heavy atom. The van der Waals surface area contributed by atoms with Gasteiger partial charge >= 0.3 is 0 Å². The summed E-state index contributed by atoms with van der Waals surface area (Å²) in [4.78, 5) is 22.9. The van der Waals surface area contributed by atoms with E-state index in [4.69, 9.17) is 4.74 Å². The van der Waals surface area contributed by atoms with Crippen LogP contribution in [0.25, 0.3) is 0 Å². The molecule has 1 aliphatic heterocycles. The zero-order chi connectivity index (χ0) is 21.1. The number of ether oxygens (including phenoxy) is 1. The Balaban J connectivity index is 0.00000450. The molecule has 1 heterocycles. The summed E-state index contributed by atoms with van der Waals surface area (Å²) < 4.78 is 5.41. The number of hydrogen-bond donors (Lipinski definition) is 2. The van der Waals surface area contributed by atoms with Crippen LogP contribution in [0.1, 0.15) is 32.1 Å². The summed E-state index contributed by atoms with van der Waals surface area (Å²) in [6, 6.07) is 0. The third-order valence-corrected chi connectivity index (χ3v) is 5.87. The van der Waals surface area contributed by atoms with Gasteiger partial charge in [-0.15, -0.1) is 24.0 Å². The highest BCUT2D eigenvalue weighted by Crippen LogP contribution is 2.37. The molecule has 2 rings (SSSR count). The zero-order valence-electron chi connectivity index (χ0n) is 19.4. The van der Waals surface area contributed by atoms with Gasteiger partial charge < -0.3 is 25.2 Å². The largest absolute Gasteiger partial charge is 0.379 e. The van der Waals surface area contributed by atoms with E-state index in [9.17, 15) is 4.79 Å². The molecule has 0 atom stereocenters. The number of amides is 1. The fourth-order valence-corrected chi connectivity index (χ4v) is 4.25. The molecule has 8 nitrogen and oxygen atoms in total. The van der Waals surface area contributed by atoms with Crippen molar-refractivity contribution in [3.63, 3.8) is 0 Å². The lowest BCUT2D eigenvalue weighted by Crippen LogP contribution is -2.47. The second kappa shape index (κ2) is 14.4. The second-order valence-electron chi connectivity index (χ2n) is 8.99. The number of hydrogen-bond acceptors (Lipinski definition) is 5. The Morgan fingerprint density at radius 1 is 1.10 bits per heavy atom. The van der Waals surface area contributed by atoms with Crippen molar-refractivity contribution in [2.75, 3.05) is 87.2 Å². The summed E-state index contributed by atoms with van der Waals surface area (Å²) in [5.74, 6) is 0.774. The summed E-state index contributed by atoms with van der Waals surface area (Å²) in [5, 5.41) is 6.99. The molecule has 176 valence electrons. The first-order valence-corrected chi connectivity index (χ1v) is 11.1. The summed E-state index contributed by atoms with van der Waals surface area (Å²) in [6.07, 6.45) is 6.14. The maximum atomic E-state index is 12.0. The average Bonchev–Trinajstić information content (AvgIpc) is 3.14. The molecule has 9 heteroatoms. The SMILES string of the molecule is CN(C)CC1(CNC(=NCC(=O)N(C)C)NCCCN2CCOCC2)CCCC1.I. The maximum Gasteiger partial charge on any atom is 0.243 e. The van der Waals surface area contributed by atoms with Crippen LogP contribution in [-0.2, 0) is 9.53 Å². The number of carbonyl (C=O) groups excluding carboxylic acids is 1. The van der Waals surface area contributed by atoms with Crippen LogP contribution in [0.4, 0.5) is 0 Å². The van der Waals surface area contributed by atoms with Gasteiger partial charge in [0.05, 0.1) is 13.2 Å². The lowest BCUT2D eigenvalue weighted by Gasteiger charge is -2.33.